The van der Waals surface area contributed by atoms with E-state index in [1.165, 1.54) is 18.6 Å². The van der Waals surface area contributed by atoms with Gasteiger partial charge in [0.25, 0.3) is 0 Å². The van der Waals surface area contributed by atoms with E-state index in [4.69, 9.17) is 0 Å². The van der Waals surface area contributed by atoms with Crippen LogP contribution in [0.25, 0.3) is 11.3 Å². The van der Waals surface area contributed by atoms with Crippen LogP contribution in [0.2, 0.25) is 0 Å². The van der Waals surface area contributed by atoms with E-state index >= 15 is 0 Å². The first kappa shape index (κ1) is 10.9. The Bertz CT molecular complexity index is 500. The van der Waals surface area contributed by atoms with Gasteiger partial charge in [0.2, 0.25) is 0 Å². The molecule has 1 aliphatic rings. The summed E-state index contributed by atoms with van der Waals surface area (Å²) in [6.45, 7) is 1.08. The third-order valence-electron chi connectivity index (χ3n) is 3.02. The van der Waals surface area contributed by atoms with Crippen LogP contribution in [0.4, 0.5) is 4.39 Å². The monoisotopic (exact) mass is 248 g/mol. The van der Waals surface area contributed by atoms with Gasteiger partial charge < -0.3 is 5.32 Å². The van der Waals surface area contributed by atoms with Gasteiger partial charge in [-0.15, -0.1) is 11.3 Å². The number of nitrogens with one attached hydrogen (secondary N) is 1. The van der Waals surface area contributed by atoms with E-state index < -0.39 is 0 Å². The first-order valence-electron chi connectivity index (χ1n) is 5.78. The highest BCUT2D eigenvalue weighted by Gasteiger charge is 2.19. The summed E-state index contributed by atoms with van der Waals surface area (Å²) in [7, 11) is 0. The molecule has 88 valence electrons. The maximum atomic E-state index is 12.8. The predicted octanol–water partition coefficient (Wildman–Crippen LogP) is 3.37. The standard InChI is InChI=1S/C13H13FN2S/c14-10-5-3-9(4-6-10)12-8-17-13(16-12)11-2-1-7-15-11/h3-6,8,11,15H,1-2,7H2. The molecule has 0 bridgehead atoms. The number of aromatic nitrogens is 1. The van der Waals surface area contributed by atoms with Crippen LogP contribution >= 0.6 is 11.3 Å². The van der Waals surface area contributed by atoms with E-state index in [0.717, 1.165) is 29.2 Å². The Morgan fingerprint density at radius 3 is 2.82 bits per heavy atom. The fraction of sp³-hybridized carbons (Fsp3) is 0.308. The SMILES string of the molecule is Fc1ccc(-c2csc(C3CCCN3)n2)cc1. The minimum atomic E-state index is -0.207. The van der Waals surface area contributed by atoms with Crippen molar-refractivity contribution in [1.82, 2.24) is 10.3 Å². The molecule has 0 aliphatic carbocycles. The van der Waals surface area contributed by atoms with Crippen molar-refractivity contribution in [3.8, 4) is 11.3 Å². The van der Waals surface area contributed by atoms with Gasteiger partial charge in [0.05, 0.1) is 11.7 Å². The average Bonchev–Trinajstić information content (AvgIpc) is 3.00. The van der Waals surface area contributed by atoms with E-state index in [0.29, 0.717) is 6.04 Å². The van der Waals surface area contributed by atoms with Crippen LogP contribution in [-0.2, 0) is 0 Å². The molecule has 2 aromatic rings. The lowest BCUT2D eigenvalue weighted by molar-refractivity contribution is 0.628. The summed E-state index contributed by atoms with van der Waals surface area (Å²) in [4.78, 5) is 4.63. The Labute approximate surface area is 104 Å². The molecule has 1 N–H and O–H groups in total. The molecule has 1 aromatic carbocycles. The maximum Gasteiger partial charge on any atom is 0.123 e. The van der Waals surface area contributed by atoms with Crippen LogP contribution in [-0.4, -0.2) is 11.5 Å². The van der Waals surface area contributed by atoms with Gasteiger partial charge in [0.15, 0.2) is 0 Å². The zero-order chi connectivity index (χ0) is 11.7. The highest BCUT2D eigenvalue weighted by atomic mass is 32.1. The number of nitrogens with zero attached hydrogens (tertiary/aromatic N) is 1. The van der Waals surface area contributed by atoms with Gasteiger partial charge in [0.1, 0.15) is 10.8 Å². The van der Waals surface area contributed by atoms with E-state index in [2.05, 4.69) is 10.3 Å². The van der Waals surface area contributed by atoms with E-state index in [1.54, 1.807) is 23.5 Å². The number of thiazole rings is 1. The van der Waals surface area contributed by atoms with Crippen LogP contribution in [0.5, 0.6) is 0 Å². The predicted molar refractivity (Wildman–Crippen MR) is 67.5 cm³/mol. The number of rotatable bonds is 2. The summed E-state index contributed by atoms with van der Waals surface area (Å²) in [6, 6.07) is 6.91. The van der Waals surface area contributed by atoms with E-state index in [1.807, 2.05) is 5.38 Å². The van der Waals surface area contributed by atoms with Gasteiger partial charge >= 0.3 is 0 Å². The summed E-state index contributed by atoms with van der Waals surface area (Å²) >= 11 is 1.68. The minimum absolute atomic E-state index is 0.207. The lowest BCUT2D eigenvalue weighted by Gasteiger charge is -2.04. The fourth-order valence-electron chi connectivity index (χ4n) is 2.10. The summed E-state index contributed by atoms with van der Waals surface area (Å²) in [5.74, 6) is -0.207. The van der Waals surface area contributed by atoms with Crippen LogP contribution in [0.15, 0.2) is 29.6 Å². The molecule has 1 aromatic heterocycles. The molecule has 1 aliphatic heterocycles. The van der Waals surface area contributed by atoms with Crippen molar-refractivity contribution >= 4 is 11.3 Å². The second kappa shape index (κ2) is 4.55. The summed E-state index contributed by atoms with van der Waals surface area (Å²) in [5.41, 5.74) is 1.92. The van der Waals surface area contributed by atoms with Crippen molar-refractivity contribution < 1.29 is 4.39 Å². The van der Waals surface area contributed by atoms with Crippen molar-refractivity contribution in [3.05, 3.63) is 40.5 Å². The molecule has 4 heteroatoms. The quantitative estimate of drug-likeness (QED) is 0.881. The summed E-state index contributed by atoms with van der Waals surface area (Å²) in [5, 5.41) is 6.62. The van der Waals surface area contributed by atoms with Gasteiger partial charge in [-0.05, 0) is 43.7 Å². The zero-order valence-electron chi connectivity index (χ0n) is 9.32. The lowest BCUT2D eigenvalue weighted by atomic mass is 10.2. The number of halogens is 1. The fourth-order valence-corrected chi connectivity index (χ4v) is 3.03. The van der Waals surface area contributed by atoms with Crippen molar-refractivity contribution in [2.75, 3.05) is 6.54 Å². The van der Waals surface area contributed by atoms with Gasteiger partial charge in [-0.1, -0.05) is 0 Å². The Morgan fingerprint density at radius 2 is 2.12 bits per heavy atom. The summed E-state index contributed by atoms with van der Waals surface area (Å²) in [6.07, 6.45) is 2.38. The third kappa shape index (κ3) is 2.23. The lowest BCUT2D eigenvalue weighted by Crippen LogP contribution is -2.12. The number of benzene rings is 1. The molecule has 17 heavy (non-hydrogen) atoms. The van der Waals surface area contributed by atoms with Crippen LogP contribution in [0, 0.1) is 5.82 Å². The second-order valence-electron chi connectivity index (χ2n) is 4.23. The van der Waals surface area contributed by atoms with Crippen LogP contribution in [0.1, 0.15) is 23.9 Å². The Balaban J connectivity index is 1.86. The molecule has 0 saturated carbocycles. The Morgan fingerprint density at radius 1 is 1.29 bits per heavy atom. The number of hydrogen-bond donors (Lipinski definition) is 1. The first-order chi connectivity index (χ1) is 8.33. The molecular formula is C13H13FN2S. The highest BCUT2D eigenvalue weighted by Crippen LogP contribution is 2.29. The molecule has 1 saturated heterocycles. The van der Waals surface area contributed by atoms with Crippen molar-refractivity contribution in [2.45, 2.75) is 18.9 Å². The molecule has 1 unspecified atom stereocenters. The van der Waals surface area contributed by atoms with Gasteiger partial charge in [-0.25, -0.2) is 9.37 Å². The molecule has 1 atom stereocenters. The van der Waals surface area contributed by atoms with E-state index in [9.17, 15) is 4.39 Å². The minimum Gasteiger partial charge on any atom is -0.308 e. The third-order valence-corrected chi connectivity index (χ3v) is 3.98. The molecule has 2 nitrogen and oxygen atoms in total. The molecule has 0 spiro atoms. The average molecular weight is 248 g/mol. The second-order valence-corrected chi connectivity index (χ2v) is 5.12. The molecule has 1 fully saturated rings. The zero-order valence-corrected chi connectivity index (χ0v) is 10.1. The Hall–Kier alpha value is -1.26. The first-order valence-corrected chi connectivity index (χ1v) is 6.65. The largest absolute Gasteiger partial charge is 0.308 e. The Kier molecular flexibility index (Phi) is 2.91. The number of hydrogen-bond acceptors (Lipinski definition) is 3. The van der Waals surface area contributed by atoms with Gasteiger partial charge in [0, 0.05) is 10.9 Å². The molecule has 3 rings (SSSR count). The van der Waals surface area contributed by atoms with Crippen LogP contribution < -0.4 is 5.32 Å². The smallest absolute Gasteiger partial charge is 0.123 e. The maximum absolute atomic E-state index is 12.8. The molecule has 2 heterocycles. The van der Waals surface area contributed by atoms with Gasteiger partial charge in [-0.3, -0.25) is 0 Å². The van der Waals surface area contributed by atoms with Crippen molar-refractivity contribution in [1.29, 1.82) is 0 Å². The van der Waals surface area contributed by atoms with Crippen molar-refractivity contribution in [2.24, 2.45) is 0 Å². The normalized spacial score (nSPS) is 19.7. The summed E-state index contributed by atoms with van der Waals surface area (Å²) < 4.78 is 12.8. The van der Waals surface area contributed by atoms with Crippen LogP contribution in [0.3, 0.4) is 0 Å². The molecule has 0 amide bonds. The van der Waals surface area contributed by atoms with E-state index in [-0.39, 0.29) is 5.82 Å². The van der Waals surface area contributed by atoms with Crippen molar-refractivity contribution in [3.63, 3.8) is 0 Å². The molecular weight excluding hydrogens is 235 g/mol. The molecule has 0 radical (unpaired) electrons. The highest BCUT2D eigenvalue weighted by molar-refractivity contribution is 7.10. The van der Waals surface area contributed by atoms with Gasteiger partial charge in [-0.2, -0.15) is 0 Å². The topological polar surface area (TPSA) is 24.9 Å².